The molecule has 4 saturated carbocycles. The number of nitrogens with zero attached hydrogens (tertiary/aromatic N) is 3. The van der Waals surface area contributed by atoms with Crippen LogP contribution in [0.15, 0.2) is 59.1 Å². The molecule has 3 aromatic rings. The van der Waals surface area contributed by atoms with Gasteiger partial charge in [-0.1, -0.05) is 36.4 Å². The normalized spacial score (nSPS) is 30.6. The lowest BCUT2D eigenvalue weighted by molar-refractivity contribution is -0.213. The molecular weight excluding hydrogens is 545 g/mol. The first kappa shape index (κ1) is 28.1. The second kappa shape index (κ2) is 9.65. The Morgan fingerprint density at radius 3 is 2.44 bits per heavy atom. The Kier molecular flexibility index (Phi) is 6.31. The molecule has 1 amide bonds. The highest BCUT2D eigenvalue weighted by Crippen LogP contribution is 2.70. The fourth-order valence-corrected chi connectivity index (χ4v) is 7.80. The molecule has 4 bridgehead atoms. The molecule has 0 unspecified atom stereocenters. The third kappa shape index (κ3) is 4.55. The van der Waals surface area contributed by atoms with Crippen LogP contribution in [0.4, 0.5) is 10.1 Å². The van der Waals surface area contributed by atoms with Crippen molar-refractivity contribution in [2.24, 2.45) is 10.8 Å². The van der Waals surface area contributed by atoms with E-state index in [1.54, 1.807) is 6.20 Å². The molecule has 224 valence electrons. The number of amides is 1. The Morgan fingerprint density at radius 2 is 1.84 bits per heavy atom. The molecule has 3 heterocycles. The Morgan fingerprint density at radius 1 is 1.12 bits per heavy atom. The van der Waals surface area contributed by atoms with E-state index in [4.69, 9.17) is 13.9 Å². The molecule has 0 atom stereocenters. The van der Waals surface area contributed by atoms with Gasteiger partial charge in [-0.15, -0.1) is 0 Å². The number of halogens is 1. The molecule has 2 aromatic carbocycles. The number of aromatic nitrogens is 1. The van der Waals surface area contributed by atoms with Gasteiger partial charge >= 0.3 is 6.08 Å². The zero-order valence-corrected chi connectivity index (χ0v) is 25.1. The largest absolute Gasteiger partial charge is 0.450 e. The second-order valence-electron chi connectivity index (χ2n) is 13.9. The van der Waals surface area contributed by atoms with Crippen LogP contribution in [0, 0.1) is 22.2 Å². The van der Waals surface area contributed by atoms with Crippen molar-refractivity contribution in [3.05, 3.63) is 65.9 Å². The van der Waals surface area contributed by atoms with Crippen molar-refractivity contribution < 1.29 is 23.1 Å². The molecule has 1 aromatic heterocycles. The van der Waals surface area contributed by atoms with Crippen LogP contribution in [-0.4, -0.2) is 36.3 Å². The summed E-state index contributed by atoms with van der Waals surface area (Å²) in [5, 5.41) is 9.54. The van der Waals surface area contributed by atoms with E-state index >= 15 is 0 Å². The average molecular weight is 584 g/mol. The zero-order chi connectivity index (χ0) is 30.1. The van der Waals surface area contributed by atoms with E-state index in [9.17, 15) is 14.4 Å². The maximum atomic E-state index is 14.6. The minimum absolute atomic E-state index is 0.0178. The first-order chi connectivity index (χ1) is 20.5. The minimum Gasteiger partial charge on any atom is -0.450 e. The molecule has 0 radical (unpaired) electrons. The molecular formula is C35H38FN3O4. The van der Waals surface area contributed by atoms with Crippen LogP contribution in [0.3, 0.4) is 0 Å². The van der Waals surface area contributed by atoms with Crippen molar-refractivity contribution in [1.82, 2.24) is 4.98 Å². The molecule has 7 nitrogen and oxygen atoms in total. The van der Waals surface area contributed by atoms with Gasteiger partial charge in [0.05, 0.1) is 41.9 Å². The van der Waals surface area contributed by atoms with E-state index in [1.165, 1.54) is 0 Å². The fourth-order valence-electron chi connectivity index (χ4n) is 7.80. The maximum Gasteiger partial charge on any atom is 0.394 e. The highest BCUT2D eigenvalue weighted by molar-refractivity contribution is 6.00. The van der Waals surface area contributed by atoms with Gasteiger partial charge < -0.3 is 18.8 Å². The Bertz CT molecular complexity index is 1560. The number of fused-ring (bicyclic) bond motifs is 3. The number of rotatable bonds is 9. The van der Waals surface area contributed by atoms with Crippen LogP contribution in [0.2, 0.25) is 0 Å². The summed E-state index contributed by atoms with van der Waals surface area (Å²) >= 11 is 0. The van der Waals surface area contributed by atoms with Crippen molar-refractivity contribution in [1.29, 1.82) is 5.26 Å². The molecule has 8 heteroatoms. The number of benzene rings is 2. The third-order valence-electron chi connectivity index (χ3n) is 10.5. The molecule has 9 rings (SSSR count). The summed E-state index contributed by atoms with van der Waals surface area (Å²) in [6.07, 6.45) is 6.40. The van der Waals surface area contributed by atoms with Gasteiger partial charge in [-0.05, 0) is 89.0 Å². The number of ether oxygens (including phenoxy) is 2. The van der Waals surface area contributed by atoms with Gasteiger partial charge in [0.1, 0.15) is 5.67 Å². The predicted octanol–water partition coefficient (Wildman–Crippen LogP) is 7.25. The molecule has 2 saturated heterocycles. The van der Waals surface area contributed by atoms with Crippen LogP contribution in [0.25, 0.3) is 11.3 Å². The Balaban J connectivity index is 1.14. The fraction of sp³-hybridized carbons (Fsp3) is 0.514. The number of carbonyl (C=O) groups is 1. The lowest BCUT2D eigenvalue weighted by Crippen LogP contribution is -2.71. The van der Waals surface area contributed by atoms with E-state index in [0.717, 1.165) is 48.1 Å². The van der Waals surface area contributed by atoms with Crippen molar-refractivity contribution in [2.75, 3.05) is 24.7 Å². The van der Waals surface area contributed by atoms with Gasteiger partial charge in [0.2, 0.25) is 5.91 Å². The highest BCUT2D eigenvalue weighted by Gasteiger charge is 2.73. The van der Waals surface area contributed by atoms with Crippen LogP contribution in [0.1, 0.15) is 76.8 Å². The number of nitriles is 1. The monoisotopic (exact) mass is 583 g/mol. The Labute approximate surface area is 252 Å². The molecule has 43 heavy (non-hydrogen) atoms. The molecule has 4 aliphatic carbocycles. The van der Waals surface area contributed by atoms with E-state index < -0.39 is 16.5 Å². The van der Waals surface area contributed by atoms with Crippen LogP contribution < -0.4 is 9.64 Å². The molecule has 2 aliphatic heterocycles. The van der Waals surface area contributed by atoms with Crippen molar-refractivity contribution in [3.8, 4) is 23.5 Å². The molecule has 0 N–H and O–H groups in total. The number of hydrogen-bond acceptors (Lipinski definition) is 6. The standard InChI is InChI=1S/C35H38FN3O4/c1-4-41-30-38-17-28(43-30)24-6-5-7-27(16-24)39(29(40)33-18-34(36,19-33)20-33)22-32-12-14-35(15-13-32,42-23-32)26-10-8-25(9-11-26)31(2,3)21-37/h5-11,16-17H,4,12-15,18-20,22-23H2,1-3H3. The topological polar surface area (TPSA) is 88.6 Å². The van der Waals surface area contributed by atoms with Gasteiger partial charge in [-0.2, -0.15) is 10.2 Å². The second-order valence-corrected chi connectivity index (χ2v) is 13.9. The van der Waals surface area contributed by atoms with Crippen LogP contribution in [-0.2, 0) is 20.5 Å². The smallest absolute Gasteiger partial charge is 0.394 e. The maximum absolute atomic E-state index is 14.6. The Hall–Kier alpha value is -3.70. The summed E-state index contributed by atoms with van der Waals surface area (Å²) in [4.78, 5) is 20.3. The minimum atomic E-state index is -1.16. The van der Waals surface area contributed by atoms with Crippen LogP contribution in [0.5, 0.6) is 6.08 Å². The van der Waals surface area contributed by atoms with Gasteiger partial charge in [0, 0.05) is 23.2 Å². The summed E-state index contributed by atoms with van der Waals surface area (Å²) in [6.45, 7) is 7.27. The highest BCUT2D eigenvalue weighted by atomic mass is 19.1. The lowest BCUT2D eigenvalue weighted by Gasteiger charge is -2.65. The van der Waals surface area contributed by atoms with Gasteiger partial charge in [-0.3, -0.25) is 4.79 Å². The average Bonchev–Trinajstić information content (AvgIpc) is 3.47. The third-order valence-corrected chi connectivity index (χ3v) is 10.5. The van der Waals surface area contributed by atoms with Gasteiger partial charge in [0.25, 0.3) is 0 Å². The summed E-state index contributed by atoms with van der Waals surface area (Å²) in [7, 11) is 0. The van der Waals surface area contributed by atoms with E-state index in [-0.39, 0.29) is 23.0 Å². The quantitative estimate of drug-likeness (QED) is 0.264. The number of anilines is 1. The number of alkyl halides is 1. The summed E-state index contributed by atoms with van der Waals surface area (Å²) in [5.41, 5.74) is 0.913. The lowest BCUT2D eigenvalue weighted by atomic mass is 9.41. The van der Waals surface area contributed by atoms with Crippen LogP contribution >= 0.6 is 0 Å². The molecule has 0 spiro atoms. The SMILES string of the molecule is CCOc1ncc(-c2cccc(N(CC34CCC(c5ccc(C(C)(C)C#N)cc5)(CC3)OC4)C(=O)C34CC(F)(C3)C4)c2)o1. The summed E-state index contributed by atoms with van der Waals surface area (Å²) in [6, 6.07) is 18.5. The van der Waals surface area contributed by atoms with E-state index in [0.29, 0.717) is 44.8 Å². The van der Waals surface area contributed by atoms with Crippen molar-refractivity contribution >= 4 is 11.6 Å². The summed E-state index contributed by atoms with van der Waals surface area (Å²) < 4.78 is 32.5. The first-order valence-electron chi connectivity index (χ1n) is 15.4. The van der Waals surface area contributed by atoms with Crippen molar-refractivity contribution in [3.63, 3.8) is 0 Å². The van der Waals surface area contributed by atoms with Crippen molar-refractivity contribution in [2.45, 2.75) is 82.4 Å². The number of oxazole rings is 1. The van der Waals surface area contributed by atoms with E-state index in [1.807, 2.05) is 62.1 Å². The number of hydrogen-bond donors (Lipinski definition) is 0. The summed E-state index contributed by atoms with van der Waals surface area (Å²) in [5.74, 6) is 0.584. The predicted molar refractivity (Wildman–Crippen MR) is 159 cm³/mol. The first-order valence-corrected chi connectivity index (χ1v) is 15.4. The van der Waals surface area contributed by atoms with E-state index in [2.05, 4.69) is 23.2 Å². The van der Waals surface area contributed by atoms with Gasteiger partial charge in [-0.25, -0.2) is 4.39 Å². The van der Waals surface area contributed by atoms with Gasteiger partial charge in [0.15, 0.2) is 5.76 Å². The number of carbonyl (C=O) groups excluding carboxylic acids is 1. The molecule has 6 aliphatic rings. The zero-order valence-electron chi connectivity index (χ0n) is 25.1. The molecule has 6 fully saturated rings.